The Morgan fingerprint density at radius 1 is 1.29 bits per heavy atom. The molecule has 0 saturated carbocycles. The highest BCUT2D eigenvalue weighted by Crippen LogP contribution is 2.17. The van der Waals surface area contributed by atoms with Crippen molar-refractivity contribution in [1.82, 2.24) is 10.2 Å². The minimum atomic E-state index is -0.958. The molecule has 1 heterocycles. The van der Waals surface area contributed by atoms with Gasteiger partial charge in [-0.2, -0.15) is 0 Å². The standard InChI is InChI=1S/C14H22N2O5/c1-2-9-21-14(20)15-10-11-5-7-16(8-6-11)12(17)3-4-13(18)19/h2,11H,1,3-10H2,(H,15,20)(H,18,19). The van der Waals surface area contributed by atoms with Gasteiger partial charge in [-0.15, -0.1) is 0 Å². The van der Waals surface area contributed by atoms with Gasteiger partial charge in [-0.3, -0.25) is 9.59 Å². The first-order valence-electron chi connectivity index (χ1n) is 7.04. The average molecular weight is 298 g/mol. The first-order valence-corrected chi connectivity index (χ1v) is 7.04. The summed E-state index contributed by atoms with van der Waals surface area (Å²) < 4.78 is 4.81. The second kappa shape index (κ2) is 8.99. The van der Waals surface area contributed by atoms with Crippen LogP contribution < -0.4 is 5.32 Å². The summed E-state index contributed by atoms with van der Waals surface area (Å²) in [6, 6.07) is 0. The van der Waals surface area contributed by atoms with Gasteiger partial charge in [-0.1, -0.05) is 12.7 Å². The molecule has 2 amide bonds. The van der Waals surface area contributed by atoms with Crippen molar-refractivity contribution in [3.05, 3.63) is 12.7 Å². The van der Waals surface area contributed by atoms with Crippen LogP contribution in [0.1, 0.15) is 25.7 Å². The lowest BCUT2D eigenvalue weighted by Crippen LogP contribution is -2.41. The zero-order chi connectivity index (χ0) is 15.7. The number of nitrogens with one attached hydrogen (secondary N) is 1. The van der Waals surface area contributed by atoms with Crippen LogP contribution in [0.15, 0.2) is 12.7 Å². The number of carboxylic acids is 1. The molecule has 1 aliphatic rings. The van der Waals surface area contributed by atoms with Crippen LogP contribution in [-0.4, -0.2) is 54.2 Å². The number of aliphatic carboxylic acids is 1. The number of nitrogens with zero attached hydrogens (tertiary/aromatic N) is 1. The van der Waals surface area contributed by atoms with Gasteiger partial charge in [0.1, 0.15) is 6.61 Å². The normalized spacial score (nSPS) is 15.3. The Labute approximate surface area is 123 Å². The fourth-order valence-corrected chi connectivity index (χ4v) is 2.17. The number of alkyl carbamates (subject to hydrolysis) is 1. The molecule has 0 atom stereocenters. The highest BCUT2D eigenvalue weighted by molar-refractivity contribution is 5.80. The molecule has 21 heavy (non-hydrogen) atoms. The summed E-state index contributed by atoms with van der Waals surface area (Å²) in [6.45, 7) is 5.37. The molecule has 7 nitrogen and oxygen atoms in total. The number of amides is 2. The third-order valence-corrected chi connectivity index (χ3v) is 3.39. The molecule has 118 valence electrons. The van der Waals surface area contributed by atoms with Gasteiger partial charge in [-0.05, 0) is 18.8 Å². The topological polar surface area (TPSA) is 95.9 Å². The van der Waals surface area contributed by atoms with Crippen molar-refractivity contribution < 1.29 is 24.2 Å². The zero-order valence-corrected chi connectivity index (χ0v) is 12.0. The van der Waals surface area contributed by atoms with Crippen LogP contribution >= 0.6 is 0 Å². The molecule has 1 saturated heterocycles. The lowest BCUT2D eigenvalue weighted by atomic mass is 9.96. The molecule has 1 fully saturated rings. The van der Waals surface area contributed by atoms with Crippen LogP contribution in [0.25, 0.3) is 0 Å². The minimum Gasteiger partial charge on any atom is -0.481 e. The SMILES string of the molecule is C=CCOC(=O)NCC1CCN(C(=O)CCC(=O)O)CC1. The van der Waals surface area contributed by atoms with Gasteiger partial charge in [0.2, 0.25) is 5.91 Å². The Morgan fingerprint density at radius 3 is 2.52 bits per heavy atom. The summed E-state index contributed by atoms with van der Waals surface area (Å²) in [4.78, 5) is 35.1. The first kappa shape index (κ1) is 17.0. The van der Waals surface area contributed by atoms with Gasteiger partial charge in [-0.25, -0.2) is 4.79 Å². The quantitative estimate of drug-likeness (QED) is 0.684. The molecule has 2 N–H and O–H groups in total. The van der Waals surface area contributed by atoms with Crippen molar-refractivity contribution in [2.24, 2.45) is 5.92 Å². The van der Waals surface area contributed by atoms with E-state index in [0.717, 1.165) is 12.8 Å². The molecular formula is C14H22N2O5. The summed E-state index contributed by atoms with van der Waals surface area (Å²) >= 11 is 0. The summed E-state index contributed by atoms with van der Waals surface area (Å²) in [5, 5.41) is 11.2. The summed E-state index contributed by atoms with van der Waals surface area (Å²) in [5.74, 6) is -0.764. The van der Waals surface area contributed by atoms with E-state index in [1.165, 1.54) is 6.08 Å². The van der Waals surface area contributed by atoms with Crippen LogP contribution in [0.4, 0.5) is 4.79 Å². The van der Waals surface area contributed by atoms with E-state index < -0.39 is 12.1 Å². The van der Waals surface area contributed by atoms with Crippen molar-refractivity contribution in [3.63, 3.8) is 0 Å². The number of ether oxygens (including phenoxy) is 1. The van der Waals surface area contributed by atoms with Crippen LogP contribution in [-0.2, 0) is 14.3 Å². The largest absolute Gasteiger partial charge is 0.481 e. The number of carboxylic acid groups (broad SMARTS) is 1. The molecule has 0 unspecified atom stereocenters. The molecular weight excluding hydrogens is 276 g/mol. The average Bonchev–Trinajstić information content (AvgIpc) is 2.49. The number of rotatable bonds is 7. The van der Waals surface area contributed by atoms with E-state index in [4.69, 9.17) is 9.84 Å². The van der Waals surface area contributed by atoms with Crippen molar-refractivity contribution in [2.75, 3.05) is 26.2 Å². The Kier molecular flexibility index (Phi) is 7.28. The van der Waals surface area contributed by atoms with Crippen molar-refractivity contribution >= 4 is 18.0 Å². The number of carbonyl (C=O) groups is 3. The third-order valence-electron chi connectivity index (χ3n) is 3.39. The van der Waals surface area contributed by atoms with Crippen LogP contribution in [0.3, 0.4) is 0 Å². The lowest BCUT2D eigenvalue weighted by Gasteiger charge is -2.32. The van der Waals surface area contributed by atoms with E-state index in [1.807, 2.05) is 0 Å². The predicted octanol–water partition coefficient (Wildman–Crippen LogP) is 1.00. The highest BCUT2D eigenvalue weighted by Gasteiger charge is 2.23. The van der Waals surface area contributed by atoms with Crippen LogP contribution in [0.5, 0.6) is 0 Å². The van der Waals surface area contributed by atoms with E-state index in [-0.39, 0.29) is 25.4 Å². The minimum absolute atomic E-state index is 0.0477. The van der Waals surface area contributed by atoms with Crippen LogP contribution in [0.2, 0.25) is 0 Å². The van der Waals surface area contributed by atoms with E-state index >= 15 is 0 Å². The number of carbonyl (C=O) groups excluding carboxylic acids is 2. The maximum atomic E-state index is 11.8. The number of likely N-dealkylation sites (tertiary alicyclic amines) is 1. The maximum absolute atomic E-state index is 11.8. The molecule has 0 aromatic heterocycles. The van der Waals surface area contributed by atoms with E-state index in [1.54, 1.807) is 4.90 Å². The lowest BCUT2D eigenvalue weighted by molar-refractivity contribution is -0.141. The van der Waals surface area contributed by atoms with E-state index in [2.05, 4.69) is 11.9 Å². The molecule has 0 aliphatic carbocycles. The third kappa shape index (κ3) is 6.78. The number of hydrogen-bond donors (Lipinski definition) is 2. The van der Waals surface area contributed by atoms with Crippen LogP contribution in [0, 0.1) is 5.92 Å². The fraction of sp³-hybridized carbons (Fsp3) is 0.643. The molecule has 1 rings (SSSR count). The van der Waals surface area contributed by atoms with Gasteiger partial charge in [0, 0.05) is 26.1 Å². The van der Waals surface area contributed by atoms with Crippen molar-refractivity contribution in [1.29, 1.82) is 0 Å². The second-order valence-corrected chi connectivity index (χ2v) is 4.99. The fourth-order valence-electron chi connectivity index (χ4n) is 2.17. The van der Waals surface area contributed by atoms with Gasteiger partial charge >= 0.3 is 12.1 Å². The molecule has 0 radical (unpaired) electrons. The van der Waals surface area contributed by atoms with Crippen molar-refractivity contribution in [3.8, 4) is 0 Å². The molecule has 0 bridgehead atoms. The summed E-state index contributed by atoms with van der Waals surface area (Å²) in [6.07, 6.45) is 2.54. The first-order chi connectivity index (χ1) is 10.0. The van der Waals surface area contributed by atoms with Gasteiger partial charge in [0.25, 0.3) is 0 Å². The van der Waals surface area contributed by atoms with Gasteiger partial charge < -0.3 is 20.1 Å². The Morgan fingerprint density at radius 2 is 1.95 bits per heavy atom. The Hall–Kier alpha value is -2.05. The summed E-state index contributed by atoms with van der Waals surface area (Å²) in [5.41, 5.74) is 0. The molecule has 0 aromatic carbocycles. The molecule has 0 spiro atoms. The monoisotopic (exact) mass is 298 g/mol. The van der Waals surface area contributed by atoms with Gasteiger partial charge in [0.15, 0.2) is 0 Å². The maximum Gasteiger partial charge on any atom is 0.407 e. The van der Waals surface area contributed by atoms with E-state index in [0.29, 0.717) is 25.6 Å². The van der Waals surface area contributed by atoms with Gasteiger partial charge in [0.05, 0.1) is 6.42 Å². The summed E-state index contributed by atoms with van der Waals surface area (Å²) in [7, 11) is 0. The second-order valence-electron chi connectivity index (χ2n) is 4.99. The van der Waals surface area contributed by atoms with Crippen molar-refractivity contribution in [2.45, 2.75) is 25.7 Å². The molecule has 0 aromatic rings. The van der Waals surface area contributed by atoms with E-state index in [9.17, 15) is 14.4 Å². The number of hydrogen-bond acceptors (Lipinski definition) is 4. The highest BCUT2D eigenvalue weighted by atomic mass is 16.5. The molecule has 1 aliphatic heterocycles. The Balaban J connectivity index is 2.19. The smallest absolute Gasteiger partial charge is 0.407 e. The zero-order valence-electron chi connectivity index (χ0n) is 12.0. The molecule has 7 heteroatoms. The number of piperidine rings is 1. The predicted molar refractivity (Wildman–Crippen MR) is 75.7 cm³/mol. The Bertz CT molecular complexity index is 389.